The van der Waals surface area contributed by atoms with Crippen LogP contribution in [0.3, 0.4) is 0 Å². The van der Waals surface area contributed by atoms with Crippen molar-refractivity contribution in [1.82, 2.24) is 5.32 Å². The SMILES string of the molecule is O=C(NCCO)C1=CC2OC3(Cc4ccccc4C3)OC2C(OC(=O)c2ccccc2C=CCc2ccccc2O)C1. The number of aliphatic hydroxyl groups excluding tert-OH is 1. The Labute approximate surface area is 244 Å². The number of rotatable bonds is 8. The van der Waals surface area contributed by atoms with E-state index in [4.69, 9.17) is 14.2 Å². The number of ether oxygens (including phenoxy) is 3. The summed E-state index contributed by atoms with van der Waals surface area (Å²) >= 11 is 0. The molecule has 0 saturated carbocycles. The van der Waals surface area contributed by atoms with Crippen molar-refractivity contribution in [2.45, 2.75) is 49.8 Å². The first-order chi connectivity index (χ1) is 20.4. The van der Waals surface area contributed by atoms with E-state index in [2.05, 4.69) is 17.4 Å². The Morgan fingerprint density at radius 1 is 0.976 bits per heavy atom. The molecule has 3 unspecified atom stereocenters. The van der Waals surface area contributed by atoms with E-state index in [-0.39, 0.29) is 31.2 Å². The van der Waals surface area contributed by atoms with Gasteiger partial charge >= 0.3 is 5.97 Å². The van der Waals surface area contributed by atoms with Crippen LogP contribution in [0, 0.1) is 0 Å². The number of para-hydroxylation sites is 1. The number of phenols is 1. The van der Waals surface area contributed by atoms with E-state index in [1.165, 1.54) is 0 Å². The zero-order valence-corrected chi connectivity index (χ0v) is 23.1. The van der Waals surface area contributed by atoms with Gasteiger partial charge in [-0.15, -0.1) is 0 Å². The lowest BCUT2D eigenvalue weighted by Gasteiger charge is -2.30. The summed E-state index contributed by atoms with van der Waals surface area (Å²) < 4.78 is 19.1. The van der Waals surface area contributed by atoms with Crippen LogP contribution in [0.1, 0.15) is 39.0 Å². The summed E-state index contributed by atoms with van der Waals surface area (Å²) in [5.41, 5.74) is 4.56. The fraction of sp³-hybridized carbons (Fsp3) is 0.294. The Morgan fingerprint density at radius 3 is 2.45 bits per heavy atom. The van der Waals surface area contributed by atoms with Crippen molar-refractivity contribution in [2.75, 3.05) is 13.2 Å². The number of carbonyl (C=O) groups is 2. The number of esters is 1. The van der Waals surface area contributed by atoms with Gasteiger partial charge in [-0.2, -0.15) is 0 Å². The van der Waals surface area contributed by atoms with Crippen molar-refractivity contribution in [3.05, 3.63) is 118 Å². The summed E-state index contributed by atoms with van der Waals surface area (Å²) in [4.78, 5) is 26.5. The number of fused-ring (bicyclic) bond motifs is 2. The van der Waals surface area contributed by atoms with E-state index < -0.39 is 30.1 Å². The van der Waals surface area contributed by atoms with Crippen LogP contribution in [-0.4, -0.2) is 59.3 Å². The first kappa shape index (κ1) is 27.9. The number of aromatic hydroxyl groups is 1. The van der Waals surface area contributed by atoms with Gasteiger partial charge in [-0.1, -0.05) is 72.8 Å². The molecule has 1 heterocycles. The zero-order valence-electron chi connectivity index (χ0n) is 23.1. The van der Waals surface area contributed by atoms with Crippen molar-refractivity contribution < 1.29 is 34.0 Å². The van der Waals surface area contributed by atoms with E-state index in [1.54, 1.807) is 30.3 Å². The molecule has 3 atom stereocenters. The summed E-state index contributed by atoms with van der Waals surface area (Å²) in [5, 5.41) is 21.9. The molecule has 1 aliphatic heterocycles. The maximum atomic E-state index is 13.6. The number of nitrogens with one attached hydrogen (secondary N) is 1. The summed E-state index contributed by atoms with van der Waals surface area (Å²) in [6.07, 6.45) is 5.36. The van der Waals surface area contributed by atoms with Gasteiger partial charge in [0.05, 0.1) is 12.2 Å². The number of hydrogen-bond donors (Lipinski definition) is 3. The summed E-state index contributed by atoms with van der Waals surface area (Å²) in [6.45, 7) is -0.0650. The second-order valence-corrected chi connectivity index (χ2v) is 10.8. The van der Waals surface area contributed by atoms with Crippen LogP contribution >= 0.6 is 0 Å². The van der Waals surface area contributed by atoms with E-state index >= 15 is 0 Å². The second kappa shape index (κ2) is 11.9. The maximum Gasteiger partial charge on any atom is 0.339 e. The molecule has 42 heavy (non-hydrogen) atoms. The molecule has 0 aromatic heterocycles. The van der Waals surface area contributed by atoms with Gasteiger partial charge in [0.25, 0.3) is 0 Å². The van der Waals surface area contributed by atoms with Gasteiger partial charge in [0, 0.05) is 31.4 Å². The van der Waals surface area contributed by atoms with E-state index in [0.717, 1.165) is 16.7 Å². The topological polar surface area (TPSA) is 114 Å². The molecule has 6 rings (SSSR count). The lowest BCUT2D eigenvalue weighted by Crippen LogP contribution is -2.44. The number of carbonyl (C=O) groups excluding carboxylic acids is 2. The largest absolute Gasteiger partial charge is 0.508 e. The van der Waals surface area contributed by atoms with Crippen LogP contribution in [0.2, 0.25) is 0 Å². The predicted molar refractivity (Wildman–Crippen MR) is 156 cm³/mol. The van der Waals surface area contributed by atoms with Crippen molar-refractivity contribution in [1.29, 1.82) is 0 Å². The Bertz CT molecular complexity index is 1520. The van der Waals surface area contributed by atoms with Crippen LogP contribution in [0.4, 0.5) is 0 Å². The zero-order chi connectivity index (χ0) is 29.1. The molecule has 1 amide bonds. The average molecular weight is 568 g/mol. The molecule has 1 spiro atoms. The molecule has 0 radical (unpaired) electrons. The third-order valence-electron chi connectivity index (χ3n) is 7.97. The van der Waals surface area contributed by atoms with Gasteiger partial charge in [-0.3, -0.25) is 4.79 Å². The molecule has 1 fully saturated rings. The molecule has 3 aliphatic rings. The number of hydrogen-bond acceptors (Lipinski definition) is 7. The minimum atomic E-state index is -0.888. The minimum Gasteiger partial charge on any atom is -0.508 e. The third kappa shape index (κ3) is 5.74. The van der Waals surface area contributed by atoms with Crippen LogP contribution in [0.15, 0.2) is 90.5 Å². The highest BCUT2D eigenvalue weighted by molar-refractivity contribution is 5.95. The predicted octanol–water partition coefficient (Wildman–Crippen LogP) is 3.89. The van der Waals surface area contributed by atoms with E-state index in [9.17, 15) is 19.8 Å². The monoisotopic (exact) mass is 567 g/mol. The number of aliphatic hydroxyl groups is 1. The number of allylic oxidation sites excluding steroid dienone is 1. The van der Waals surface area contributed by atoms with Gasteiger partial charge in [0.15, 0.2) is 5.79 Å². The number of amides is 1. The number of benzene rings is 3. The molecule has 1 saturated heterocycles. The third-order valence-corrected chi connectivity index (χ3v) is 7.97. The van der Waals surface area contributed by atoms with Gasteiger partial charge < -0.3 is 29.7 Å². The second-order valence-electron chi connectivity index (χ2n) is 10.8. The first-order valence-corrected chi connectivity index (χ1v) is 14.2. The molecular formula is C34H33NO7. The summed E-state index contributed by atoms with van der Waals surface area (Å²) in [5.74, 6) is -1.54. The summed E-state index contributed by atoms with van der Waals surface area (Å²) in [6, 6.07) is 22.4. The Morgan fingerprint density at radius 2 is 1.69 bits per heavy atom. The van der Waals surface area contributed by atoms with Gasteiger partial charge in [0.2, 0.25) is 5.91 Å². The molecule has 8 nitrogen and oxygen atoms in total. The van der Waals surface area contributed by atoms with Crippen LogP contribution in [0.5, 0.6) is 5.75 Å². The highest BCUT2D eigenvalue weighted by Gasteiger charge is 2.55. The lowest BCUT2D eigenvalue weighted by atomic mass is 9.91. The van der Waals surface area contributed by atoms with Crippen molar-refractivity contribution in [3.63, 3.8) is 0 Å². The molecule has 3 aromatic carbocycles. The lowest BCUT2D eigenvalue weighted by molar-refractivity contribution is -0.172. The van der Waals surface area contributed by atoms with E-state index in [1.807, 2.05) is 48.6 Å². The Hall–Kier alpha value is -4.24. The number of phenolic OH excluding ortho intramolecular Hbond substituents is 1. The van der Waals surface area contributed by atoms with Gasteiger partial charge in [0.1, 0.15) is 24.1 Å². The molecule has 3 N–H and O–H groups in total. The smallest absolute Gasteiger partial charge is 0.339 e. The first-order valence-electron chi connectivity index (χ1n) is 14.2. The fourth-order valence-electron chi connectivity index (χ4n) is 5.97. The average Bonchev–Trinajstić information content (AvgIpc) is 3.55. The van der Waals surface area contributed by atoms with Crippen molar-refractivity contribution in [2.24, 2.45) is 0 Å². The Balaban J connectivity index is 1.22. The maximum absolute atomic E-state index is 13.6. The Kier molecular flexibility index (Phi) is 7.93. The molecule has 216 valence electrons. The van der Waals surface area contributed by atoms with Crippen LogP contribution in [0.25, 0.3) is 6.08 Å². The standard InChI is InChI=1S/C34H33NO7/c36-17-16-35-32(38)26-18-29(31-30(19-26)41-34(42-31)20-24-10-1-2-11-25(24)21-34)40-33(39)27-14-5-3-8-22(27)12-7-13-23-9-4-6-15-28(23)37/h1-12,14-15,19,29-31,36-37H,13,16-18,20-21H2,(H,35,38). The molecular weight excluding hydrogens is 534 g/mol. The highest BCUT2D eigenvalue weighted by Crippen LogP contribution is 2.45. The minimum absolute atomic E-state index is 0.117. The summed E-state index contributed by atoms with van der Waals surface area (Å²) in [7, 11) is 0. The van der Waals surface area contributed by atoms with E-state index in [0.29, 0.717) is 36.0 Å². The van der Waals surface area contributed by atoms with Gasteiger partial charge in [-0.25, -0.2) is 4.79 Å². The molecule has 2 aliphatic carbocycles. The van der Waals surface area contributed by atoms with Crippen molar-refractivity contribution in [3.8, 4) is 5.75 Å². The fourth-order valence-corrected chi connectivity index (χ4v) is 5.97. The molecule has 0 bridgehead atoms. The highest BCUT2D eigenvalue weighted by atomic mass is 16.8. The molecule has 3 aromatic rings. The normalized spacial score (nSPS) is 22.0. The van der Waals surface area contributed by atoms with Crippen LogP contribution in [-0.2, 0) is 38.3 Å². The van der Waals surface area contributed by atoms with Gasteiger partial charge in [-0.05, 0) is 46.9 Å². The van der Waals surface area contributed by atoms with Crippen LogP contribution < -0.4 is 5.32 Å². The quantitative estimate of drug-likeness (QED) is 0.354. The van der Waals surface area contributed by atoms with Crippen molar-refractivity contribution >= 4 is 18.0 Å². The molecule has 8 heteroatoms.